The maximum atomic E-state index is 5.40. The average Bonchev–Trinajstić information content (AvgIpc) is 3.36. The van der Waals surface area contributed by atoms with Crippen LogP contribution in [0.1, 0.15) is 56.0 Å². The van der Waals surface area contributed by atoms with Gasteiger partial charge in [-0.2, -0.15) is 9.97 Å². The van der Waals surface area contributed by atoms with Gasteiger partial charge >= 0.3 is 0 Å². The maximum absolute atomic E-state index is 5.40. The monoisotopic (exact) mass is 878 g/mol. The molecule has 0 bridgehead atoms. The Balaban J connectivity index is 1.15. The van der Waals surface area contributed by atoms with Crippen molar-refractivity contribution in [3.63, 3.8) is 0 Å². The highest BCUT2D eigenvalue weighted by Crippen LogP contribution is 2.44. The van der Waals surface area contributed by atoms with Gasteiger partial charge in [-0.3, -0.25) is 4.90 Å². The van der Waals surface area contributed by atoms with E-state index in [-0.39, 0.29) is 5.92 Å². The summed E-state index contributed by atoms with van der Waals surface area (Å²) in [6.45, 7) is 13.4. The van der Waals surface area contributed by atoms with Crippen molar-refractivity contribution in [2.75, 3.05) is 4.90 Å². The third kappa shape index (κ3) is 8.77. The lowest BCUT2D eigenvalue weighted by atomic mass is 9.77. The van der Waals surface area contributed by atoms with Crippen molar-refractivity contribution in [3.05, 3.63) is 262 Å². The molecule has 1 heterocycles. The summed E-state index contributed by atoms with van der Waals surface area (Å²) in [4.78, 5) is 18.1. The molecule has 0 radical (unpaired) electrons. The summed E-state index contributed by atoms with van der Waals surface area (Å²) in [6, 6.07) is 75.5. The Morgan fingerprint density at radius 2 is 0.706 bits per heavy atom. The van der Waals surface area contributed by atoms with E-state index in [1.165, 1.54) is 66.8 Å². The molecule has 68 heavy (non-hydrogen) atoms. The highest BCUT2D eigenvalue weighted by atomic mass is 15.3. The number of nitrogens with zero attached hydrogens (tertiary/aromatic N) is 4. The summed E-state index contributed by atoms with van der Waals surface area (Å²) in [6.07, 6.45) is 0. The molecule has 0 aliphatic rings. The van der Waals surface area contributed by atoms with Crippen molar-refractivity contribution < 1.29 is 0 Å². The number of benzene rings is 9. The quantitative estimate of drug-likeness (QED) is 0.121. The fourth-order valence-corrected chi connectivity index (χ4v) is 10.2. The van der Waals surface area contributed by atoms with Gasteiger partial charge in [0.1, 0.15) is 0 Å². The van der Waals surface area contributed by atoms with E-state index in [0.29, 0.717) is 17.6 Å². The van der Waals surface area contributed by atoms with Gasteiger partial charge in [-0.05, 0) is 127 Å². The van der Waals surface area contributed by atoms with Crippen LogP contribution in [0.25, 0.3) is 56.2 Å². The molecule has 10 aromatic rings. The fourth-order valence-electron chi connectivity index (χ4n) is 10.2. The van der Waals surface area contributed by atoms with Crippen LogP contribution in [-0.4, -0.2) is 15.0 Å². The Labute approximate surface area is 401 Å². The van der Waals surface area contributed by atoms with E-state index < -0.39 is 0 Å². The van der Waals surface area contributed by atoms with Crippen molar-refractivity contribution in [2.45, 2.75) is 47.5 Å². The van der Waals surface area contributed by atoms with Gasteiger partial charge in [0.25, 0.3) is 0 Å². The molecule has 0 saturated heterocycles. The van der Waals surface area contributed by atoms with E-state index in [0.717, 1.165) is 39.2 Å². The second kappa shape index (κ2) is 18.9. The molecule has 4 nitrogen and oxygen atoms in total. The number of rotatable bonds is 11. The first-order valence-electron chi connectivity index (χ1n) is 23.5. The van der Waals surface area contributed by atoms with E-state index >= 15 is 0 Å². The van der Waals surface area contributed by atoms with Crippen LogP contribution in [0.5, 0.6) is 0 Å². The molecule has 0 aliphatic carbocycles. The molecule has 0 spiro atoms. The van der Waals surface area contributed by atoms with Crippen LogP contribution in [-0.2, 0) is 0 Å². The smallest absolute Gasteiger partial charge is 0.238 e. The lowest BCUT2D eigenvalue weighted by molar-refractivity contribution is 0.919. The Bertz CT molecular complexity index is 3280. The van der Waals surface area contributed by atoms with Gasteiger partial charge in [-0.15, -0.1) is 0 Å². The van der Waals surface area contributed by atoms with Gasteiger partial charge in [0.05, 0.1) is 5.69 Å². The van der Waals surface area contributed by atoms with Crippen molar-refractivity contribution >= 4 is 17.3 Å². The van der Waals surface area contributed by atoms with Crippen LogP contribution in [0.4, 0.5) is 17.3 Å². The van der Waals surface area contributed by atoms with E-state index in [1.54, 1.807) is 0 Å². The van der Waals surface area contributed by atoms with Gasteiger partial charge in [0.2, 0.25) is 5.95 Å². The highest BCUT2D eigenvalue weighted by molar-refractivity contribution is 5.88. The molecule has 0 atom stereocenters. The first kappa shape index (κ1) is 43.7. The summed E-state index contributed by atoms with van der Waals surface area (Å²) in [7, 11) is 0. The van der Waals surface area contributed by atoms with E-state index in [9.17, 15) is 0 Å². The Kier molecular flexibility index (Phi) is 12.2. The van der Waals surface area contributed by atoms with Crippen LogP contribution in [0.2, 0.25) is 0 Å². The van der Waals surface area contributed by atoms with Crippen molar-refractivity contribution in [2.24, 2.45) is 0 Å². The minimum Gasteiger partial charge on any atom is -0.278 e. The van der Waals surface area contributed by atoms with Gasteiger partial charge in [-0.25, -0.2) is 4.98 Å². The second-order valence-corrected chi connectivity index (χ2v) is 18.0. The number of hydrogen-bond donors (Lipinski definition) is 0. The molecule has 10 rings (SSSR count). The lowest BCUT2D eigenvalue weighted by Gasteiger charge is -2.29. The topological polar surface area (TPSA) is 41.9 Å². The molecule has 9 aromatic carbocycles. The van der Waals surface area contributed by atoms with Crippen molar-refractivity contribution in [1.29, 1.82) is 0 Å². The Hall–Kier alpha value is -8.21. The lowest BCUT2D eigenvalue weighted by Crippen LogP contribution is -2.16. The molecule has 1 aromatic heterocycles. The van der Waals surface area contributed by atoms with Gasteiger partial charge in [0, 0.05) is 28.3 Å². The predicted molar refractivity (Wildman–Crippen MR) is 284 cm³/mol. The van der Waals surface area contributed by atoms with E-state index in [4.69, 9.17) is 15.0 Å². The zero-order valence-electron chi connectivity index (χ0n) is 39.6. The maximum Gasteiger partial charge on any atom is 0.238 e. The molecular formula is C64H54N4. The zero-order valence-corrected chi connectivity index (χ0v) is 39.6. The molecule has 330 valence electrons. The second-order valence-electron chi connectivity index (χ2n) is 18.0. The van der Waals surface area contributed by atoms with Crippen LogP contribution < -0.4 is 4.90 Å². The van der Waals surface area contributed by atoms with Crippen LogP contribution in [0, 0.1) is 41.5 Å². The number of hydrogen-bond acceptors (Lipinski definition) is 4. The van der Waals surface area contributed by atoms with Crippen LogP contribution in [0.3, 0.4) is 0 Å². The molecule has 0 saturated carbocycles. The fraction of sp³-hybridized carbons (Fsp3) is 0.109. The van der Waals surface area contributed by atoms with Crippen LogP contribution in [0.15, 0.2) is 212 Å². The first-order chi connectivity index (χ1) is 33.2. The predicted octanol–water partition coefficient (Wildman–Crippen LogP) is 16.7. The summed E-state index contributed by atoms with van der Waals surface area (Å²) >= 11 is 0. The average molecular weight is 879 g/mol. The van der Waals surface area contributed by atoms with Gasteiger partial charge in [0.15, 0.2) is 11.6 Å². The van der Waals surface area contributed by atoms with Gasteiger partial charge in [-0.1, -0.05) is 205 Å². The molecule has 0 unspecified atom stereocenters. The standard InChI is InChI=1S/C64H54N4/c1-42-38-44(3)59(45(4)39-42)61(60-46(5)40-43(2)41-47(60)6)51-34-36-54(37-35-51)68(58-29-19-18-28-57(58)49-22-12-8-13-23-49)64-66-62(52-24-14-9-15-25-52)65-63(67-64)53-32-30-50(31-33-53)56-27-17-16-26-55(56)48-20-10-7-11-21-48/h7-41,61H,1-6H3. The Morgan fingerprint density at radius 3 is 1.19 bits per heavy atom. The van der Waals surface area contributed by atoms with Crippen molar-refractivity contribution in [1.82, 2.24) is 15.0 Å². The summed E-state index contributed by atoms with van der Waals surface area (Å²) in [5.74, 6) is 1.74. The summed E-state index contributed by atoms with van der Waals surface area (Å²) in [5, 5.41) is 0. The van der Waals surface area contributed by atoms with Crippen molar-refractivity contribution in [3.8, 4) is 56.2 Å². The van der Waals surface area contributed by atoms with E-state index in [2.05, 4.69) is 241 Å². The van der Waals surface area contributed by atoms with Crippen LogP contribution >= 0.6 is 0 Å². The SMILES string of the molecule is Cc1cc(C)c(C(c2ccc(N(c3nc(-c4ccccc4)nc(-c4ccc(-c5ccccc5-c5ccccc5)cc4)n3)c3ccccc3-c3ccccc3)cc2)c2c(C)cc(C)cc2C)c(C)c1. The number of anilines is 3. The minimum atomic E-state index is 0.0337. The zero-order chi connectivity index (χ0) is 46.7. The molecule has 0 fully saturated rings. The molecule has 0 aliphatic heterocycles. The number of aryl methyl sites for hydroxylation is 6. The minimum absolute atomic E-state index is 0.0337. The molecular weight excluding hydrogens is 825 g/mol. The third-order valence-electron chi connectivity index (χ3n) is 13.1. The summed E-state index contributed by atoms with van der Waals surface area (Å²) < 4.78 is 0. The normalized spacial score (nSPS) is 11.2. The first-order valence-corrected chi connectivity index (χ1v) is 23.5. The van der Waals surface area contributed by atoms with E-state index in [1.807, 2.05) is 18.2 Å². The third-order valence-corrected chi connectivity index (χ3v) is 13.1. The molecule has 4 heteroatoms. The molecule has 0 N–H and O–H groups in total. The van der Waals surface area contributed by atoms with Gasteiger partial charge < -0.3 is 0 Å². The largest absolute Gasteiger partial charge is 0.278 e. The highest BCUT2D eigenvalue weighted by Gasteiger charge is 2.27. The molecule has 0 amide bonds. The Morgan fingerprint density at radius 1 is 0.338 bits per heavy atom. The number of para-hydroxylation sites is 1. The number of aromatic nitrogens is 3. The summed E-state index contributed by atoms with van der Waals surface area (Å²) in [5.41, 5.74) is 22.2.